The predicted molar refractivity (Wildman–Crippen MR) is 86.2 cm³/mol. The smallest absolute Gasteiger partial charge is 0.0535 e. The molecular formula is C17H22N4. The molecule has 0 aliphatic carbocycles. The number of hydrogen-bond donors (Lipinski definition) is 1. The summed E-state index contributed by atoms with van der Waals surface area (Å²) in [6.45, 7) is 6.04. The molecule has 2 heterocycles. The highest BCUT2D eigenvalue weighted by atomic mass is 15.1. The second kappa shape index (κ2) is 5.37. The summed E-state index contributed by atoms with van der Waals surface area (Å²) in [6, 6.07) is 8.92. The summed E-state index contributed by atoms with van der Waals surface area (Å²) < 4.78 is 2.29. The number of H-pyrrole nitrogens is 1. The molecule has 2 aromatic heterocycles. The number of benzene rings is 1. The Morgan fingerprint density at radius 1 is 1.19 bits per heavy atom. The molecule has 1 aromatic carbocycles. The first kappa shape index (κ1) is 13.9. The van der Waals surface area contributed by atoms with Gasteiger partial charge in [-0.3, -0.25) is 10.00 Å². The van der Waals surface area contributed by atoms with Crippen LogP contribution in [0.25, 0.3) is 10.9 Å². The summed E-state index contributed by atoms with van der Waals surface area (Å²) in [7, 11) is 4.29. The third kappa shape index (κ3) is 2.72. The summed E-state index contributed by atoms with van der Waals surface area (Å²) in [4.78, 5) is 2.32. The van der Waals surface area contributed by atoms with Gasteiger partial charge >= 0.3 is 0 Å². The van der Waals surface area contributed by atoms with Gasteiger partial charge in [-0.25, -0.2) is 0 Å². The fourth-order valence-electron chi connectivity index (χ4n) is 2.84. The van der Waals surface area contributed by atoms with E-state index in [0.717, 1.165) is 18.8 Å². The standard InChI is InChI=1S/C17H22N4/c1-12-5-6-17-14(7-12)8-16(21(17)4)11-20(3)10-15-9-18-19-13(15)2/h5-9H,10-11H2,1-4H3,(H,18,19). The molecule has 0 saturated heterocycles. The number of aromatic amines is 1. The Morgan fingerprint density at radius 3 is 2.71 bits per heavy atom. The summed E-state index contributed by atoms with van der Waals surface area (Å²) in [5.74, 6) is 0. The fourth-order valence-corrected chi connectivity index (χ4v) is 2.84. The zero-order valence-electron chi connectivity index (χ0n) is 13.1. The van der Waals surface area contributed by atoms with E-state index in [4.69, 9.17) is 0 Å². The Kier molecular flexibility index (Phi) is 3.55. The lowest BCUT2D eigenvalue weighted by molar-refractivity contribution is 0.311. The molecule has 110 valence electrons. The van der Waals surface area contributed by atoms with E-state index in [9.17, 15) is 0 Å². The summed E-state index contributed by atoms with van der Waals surface area (Å²) >= 11 is 0. The summed E-state index contributed by atoms with van der Waals surface area (Å²) in [5.41, 5.74) is 6.34. The van der Waals surface area contributed by atoms with E-state index in [1.165, 1.54) is 27.7 Å². The number of fused-ring (bicyclic) bond motifs is 1. The van der Waals surface area contributed by atoms with Crippen LogP contribution in [-0.2, 0) is 20.1 Å². The van der Waals surface area contributed by atoms with Gasteiger partial charge in [0, 0.05) is 48.0 Å². The van der Waals surface area contributed by atoms with Gasteiger partial charge in [0.15, 0.2) is 0 Å². The van der Waals surface area contributed by atoms with Crippen molar-refractivity contribution < 1.29 is 0 Å². The molecular weight excluding hydrogens is 260 g/mol. The largest absolute Gasteiger partial charge is 0.346 e. The third-order valence-electron chi connectivity index (χ3n) is 4.10. The number of nitrogens with one attached hydrogen (secondary N) is 1. The van der Waals surface area contributed by atoms with Crippen molar-refractivity contribution in [1.82, 2.24) is 19.7 Å². The van der Waals surface area contributed by atoms with Crippen molar-refractivity contribution in [2.75, 3.05) is 7.05 Å². The molecule has 0 fully saturated rings. The molecule has 0 amide bonds. The average Bonchev–Trinajstić information content (AvgIpc) is 2.95. The lowest BCUT2D eigenvalue weighted by Crippen LogP contribution is -2.19. The van der Waals surface area contributed by atoms with E-state index in [2.05, 4.69) is 71.9 Å². The molecule has 3 aromatic rings. The van der Waals surface area contributed by atoms with Crippen LogP contribution in [0.5, 0.6) is 0 Å². The van der Waals surface area contributed by atoms with Gasteiger partial charge in [-0.1, -0.05) is 11.6 Å². The molecule has 0 saturated carbocycles. The van der Waals surface area contributed by atoms with E-state index in [1.54, 1.807) is 0 Å². The second-order valence-electron chi connectivity index (χ2n) is 5.95. The van der Waals surface area contributed by atoms with Gasteiger partial charge in [0.25, 0.3) is 0 Å². The Bertz CT molecular complexity index is 766. The van der Waals surface area contributed by atoms with Crippen LogP contribution in [0, 0.1) is 13.8 Å². The maximum atomic E-state index is 4.09. The van der Waals surface area contributed by atoms with E-state index in [0.29, 0.717) is 0 Å². The maximum absolute atomic E-state index is 4.09. The Balaban J connectivity index is 1.81. The van der Waals surface area contributed by atoms with Crippen molar-refractivity contribution in [1.29, 1.82) is 0 Å². The molecule has 0 aliphatic heterocycles. The number of nitrogens with zero attached hydrogens (tertiary/aromatic N) is 3. The van der Waals surface area contributed by atoms with Gasteiger partial charge in [0.05, 0.1) is 6.20 Å². The van der Waals surface area contributed by atoms with Crippen LogP contribution in [0.15, 0.2) is 30.5 Å². The first-order valence-electron chi connectivity index (χ1n) is 7.27. The van der Waals surface area contributed by atoms with Crippen LogP contribution >= 0.6 is 0 Å². The molecule has 0 aliphatic rings. The average molecular weight is 282 g/mol. The van der Waals surface area contributed by atoms with E-state index in [1.807, 2.05) is 6.20 Å². The minimum Gasteiger partial charge on any atom is -0.346 e. The number of aryl methyl sites for hydroxylation is 3. The number of hydrogen-bond acceptors (Lipinski definition) is 2. The highest BCUT2D eigenvalue weighted by Gasteiger charge is 2.10. The van der Waals surface area contributed by atoms with Gasteiger partial charge in [-0.15, -0.1) is 0 Å². The third-order valence-corrected chi connectivity index (χ3v) is 4.10. The lowest BCUT2D eigenvalue weighted by atomic mass is 10.2. The van der Waals surface area contributed by atoms with Crippen molar-refractivity contribution in [3.63, 3.8) is 0 Å². The van der Waals surface area contributed by atoms with Crippen LogP contribution in [0.3, 0.4) is 0 Å². The topological polar surface area (TPSA) is 36.9 Å². The zero-order valence-corrected chi connectivity index (χ0v) is 13.1. The zero-order chi connectivity index (χ0) is 15.0. The molecule has 1 N–H and O–H groups in total. The summed E-state index contributed by atoms with van der Waals surface area (Å²) in [6.07, 6.45) is 1.91. The monoisotopic (exact) mass is 282 g/mol. The van der Waals surface area contributed by atoms with Crippen LogP contribution in [0.2, 0.25) is 0 Å². The van der Waals surface area contributed by atoms with Crippen LogP contribution < -0.4 is 0 Å². The van der Waals surface area contributed by atoms with Crippen molar-refractivity contribution in [3.05, 3.63) is 53.0 Å². The maximum Gasteiger partial charge on any atom is 0.0535 e. The molecule has 4 nitrogen and oxygen atoms in total. The van der Waals surface area contributed by atoms with E-state index < -0.39 is 0 Å². The van der Waals surface area contributed by atoms with E-state index in [-0.39, 0.29) is 0 Å². The molecule has 0 radical (unpaired) electrons. The molecule has 0 atom stereocenters. The molecule has 21 heavy (non-hydrogen) atoms. The van der Waals surface area contributed by atoms with E-state index >= 15 is 0 Å². The van der Waals surface area contributed by atoms with Crippen molar-refractivity contribution in [3.8, 4) is 0 Å². The van der Waals surface area contributed by atoms with Gasteiger partial charge in [0.2, 0.25) is 0 Å². The van der Waals surface area contributed by atoms with Crippen molar-refractivity contribution >= 4 is 10.9 Å². The molecule has 0 unspecified atom stereocenters. The minimum atomic E-state index is 0.906. The Hall–Kier alpha value is -2.07. The molecule has 3 rings (SSSR count). The van der Waals surface area contributed by atoms with Crippen molar-refractivity contribution in [2.24, 2.45) is 7.05 Å². The molecule has 0 bridgehead atoms. The quantitative estimate of drug-likeness (QED) is 0.798. The Morgan fingerprint density at radius 2 is 2.00 bits per heavy atom. The first-order chi connectivity index (χ1) is 10.0. The normalized spacial score (nSPS) is 11.7. The van der Waals surface area contributed by atoms with Gasteiger partial charge in [-0.05, 0) is 39.1 Å². The van der Waals surface area contributed by atoms with Crippen LogP contribution in [0.4, 0.5) is 0 Å². The molecule has 4 heteroatoms. The first-order valence-corrected chi connectivity index (χ1v) is 7.27. The minimum absolute atomic E-state index is 0.906. The summed E-state index contributed by atoms with van der Waals surface area (Å²) in [5, 5.41) is 8.40. The highest BCUT2D eigenvalue weighted by molar-refractivity contribution is 5.82. The second-order valence-corrected chi connectivity index (χ2v) is 5.95. The SMILES string of the molecule is Cc1ccc2c(c1)cc(CN(C)Cc1cn[nH]c1C)n2C. The van der Waals surface area contributed by atoms with Gasteiger partial charge in [-0.2, -0.15) is 5.10 Å². The predicted octanol–water partition coefficient (Wildman–Crippen LogP) is 3.15. The van der Waals surface area contributed by atoms with Gasteiger partial charge in [0.1, 0.15) is 0 Å². The number of rotatable bonds is 4. The highest BCUT2D eigenvalue weighted by Crippen LogP contribution is 2.21. The van der Waals surface area contributed by atoms with Gasteiger partial charge < -0.3 is 4.57 Å². The van der Waals surface area contributed by atoms with Crippen LogP contribution in [-0.4, -0.2) is 26.7 Å². The molecule has 0 spiro atoms. The number of aromatic nitrogens is 3. The fraction of sp³-hybridized carbons (Fsp3) is 0.353. The van der Waals surface area contributed by atoms with Crippen LogP contribution in [0.1, 0.15) is 22.5 Å². The lowest BCUT2D eigenvalue weighted by Gasteiger charge is -2.16. The van der Waals surface area contributed by atoms with Crippen molar-refractivity contribution in [2.45, 2.75) is 26.9 Å². The Labute approximate surface area is 125 Å².